The maximum atomic E-state index is 11.2. The number of aliphatic carboxylic acids is 1. The van der Waals surface area contributed by atoms with Crippen LogP contribution in [0.15, 0.2) is 0 Å². The largest absolute Gasteiger partial charge is 0.480 e. The first-order chi connectivity index (χ1) is 6.97. The topological polar surface area (TPSA) is 78.4 Å². The van der Waals surface area contributed by atoms with Crippen molar-refractivity contribution < 1.29 is 14.7 Å². The number of carbonyl (C=O) groups excluding carboxylic acids is 1. The molecule has 0 saturated carbocycles. The minimum Gasteiger partial charge on any atom is -0.480 e. The van der Waals surface area contributed by atoms with Gasteiger partial charge in [-0.1, -0.05) is 13.8 Å². The SMILES string of the molecule is CN[C@H](CCNC(=O)CC(C)C)C(=O)O. The maximum absolute atomic E-state index is 11.2. The molecule has 15 heavy (non-hydrogen) atoms. The Hall–Kier alpha value is -1.10. The van der Waals surface area contributed by atoms with Crippen LogP contribution in [0.5, 0.6) is 0 Å². The predicted octanol–water partition coefficient (Wildman–Crippen LogP) is 0.211. The van der Waals surface area contributed by atoms with E-state index in [-0.39, 0.29) is 5.91 Å². The van der Waals surface area contributed by atoms with E-state index in [1.54, 1.807) is 7.05 Å². The summed E-state index contributed by atoms with van der Waals surface area (Å²) in [6.07, 6.45) is 0.882. The summed E-state index contributed by atoms with van der Waals surface area (Å²) < 4.78 is 0. The molecule has 0 radical (unpaired) electrons. The second-order valence-corrected chi connectivity index (χ2v) is 3.92. The molecule has 0 spiro atoms. The molecule has 0 heterocycles. The van der Waals surface area contributed by atoms with Crippen molar-refractivity contribution in [1.82, 2.24) is 10.6 Å². The van der Waals surface area contributed by atoms with Crippen LogP contribution >= 0.6 is 0 Å². The summed E-state index contributed by atoms with van der Waals surface area (Å²) in [6, 6.07) is -0.593. The molecule has 5 nitrogen and oxygen atoms in total. The van der Waals surface area contributed by atoms with Crippen LogP contribution in [0, 0.1) is 5.92 Å². The molecule has 1 amide bonds. The van der Waals surface area contributed by atoms with Gasteiger partial charge < -0.3 is 15.7 Å². The van der Waals surface area contributed by atoms with Gasteiger partial charge in [0.2, 0.25) is 5.91 Å². The molecule has 1 atom stereocenters. The Morgan fingerprint density at radius 1 is 1.33 bits per heavy atom. The lowest BCUT2D eigenvalue weighted by atomic mass is 10.1. The van der Waals surface area contributed by atoms with Crippen LogP contribution in [0.1, 0.15) is 26.7 Å². The van der Waals surface area contributed by atoms with Gasteiger partial charge in [-0.2, -0.15) is 0 Å². The third kappa shape index (κ3) is 6.90. The number of hydrogen-bond donors (Lipinski definition) is 3. The molecule has 3 N–H and O–H groups in total. The van der Waals surface area contributed by atoms with E-state index in [4.69, 9.17) is 5.11 Å². The van der Waals surface area contributed by atoms with E-state index in [2.05, 4.69) is 10.6 Å². The second kappa shape index (κ2) is 7.23. The predicted molar refractivity (Wildman–Crippen MR) is 57.6 cm³/mol. The normalized spacial score (nSPS) is 12.5. The van der Waals surface area contributed by atoms with Crippen molar-refractivity contribution in [1.29, 1.82) is 0 Å². The smallest absolute Gasteiger partial charge is 0.320 e. The average Bonchev–Trinajstić information content (AvgIpc) is 2.10. The summed E-state index contributed by atoms with van der Waals surface area (Å²) in [5.74, 6) is -0.592. The second-order valence-electron chi connectivity index (χ2n) is 3.92. The summed E-state index contributed by atoms with van der Waals surface area (Å²) in [5.41, 5.74) is 0. The van der Waals surface area contributed by atoms with E-state index >= 15 is 0 Å². The van der Waals surface area contributed by atoms with Crippen molar-refractivity contribution in [3.8, 4) is 0 Å². The van der Waals surface area contributed by atoms with Crippen LogP contribution in [0.4, 0.5) is 0 Å². The van der Waals surface area contributed by atoms with Crippen molar-refractivity contribution in [2.45, 2.75) is 32.7 Å². The first-order valence-corrected chi connectivity index (χ1v) is 5.14. The highest BCUT2D eigenvalue weighted by Crippen LogP contribution is 1.98. The fraction of sp³-hybridized carbons (Fsp3) is 0.800. The van der Waals surface area contributed by atoms with E-state index in [1.807, 2.05) is 13.8 Å². The number of carboxylic acid groups (broad SMARTS) is 1. The molecule has 0 unspecified atom stereocenters. The van der Waals surface area contributed by atoms with E-state index in [0.29, 0.717) is 25.3 Å². The van der Waals surface area contributed by atoms with Gasteiger partial charge in [0.25, 0.3) is 0 Å². The highest BCUT2D eigenvalue weighted by molar-refractivity contribution is 5.76. The summed E-state index contributed by atoms with van der Waals surface area (Å²) in [7, 11) is 1.59. The third-order valence-electron chi connectivity index (χ3n) is 2.00. The Bertz CT molecular complexity index is 217. The molecule has 0 aliphatic heterocycles. The Labute approximate surface area is 90.2 Å². The summed E-state index contributed by atoms with van der Waals surface area (Å²) in [6.45, 7) is 4.32. The molecule has 0 aromatic heterocycles. The van der Waals surface area contributed by atoms with Crippen molar-refractivity contribution in [2.24, 2.45) is 5.92 Å². The van der Waals surface area contributed by atoms with Gasteiger partial charge in [0.1, 0.15) is 6.04 Å². The van der Waals surface area contributed by atoms with Gasteiger partial charge in [0.15, 0.2) is 0 Å². The fourth-order valence-electron chi connectivity index (χ4n) is 1.19. The Morgan fingerprint density at radius 2 is 1.93 bits per heavy atom. The van der Waals surface area contributed by atoms with Crippen molar-refractivity contribution in [3.63, 3.8) is 0 Å². The average molecular weight is 216 g/mol. The molecule has 0 aliphatic carbocycles. The zero-order valence-corrected chi connectivity index (χ0v) is 9.54. The van der Waals surface area contributed by atoms with Gasteiger partial charge in [-0.15, -0.1) is 0 Å². The molecule has 0 aromatic carbocycles. The number of likely N-dealkylation sites (N-methyl/N-ethyl adjacent to an activating group) is 1. The number of amides is 1. The van der Waals surface area contributed by atoms with E-state index < -0.39 is 12.0 Å². The highest BCUT2D eigenvalue weighted by atomic mass is 16.4. The number of nitrogens with one attached hydrogen (secondary N) is 2. The zero-order valence-electron chi connectivity index (χ0n) is 9.54. The minimum absolute atomic E-state index is 0.0229. The number of carboxylic acids is 1. The molecule has 0 rings (SSSR count). The van der Waals surface area contributed by atoms with Crippen LogP contribution in [0.3, 0.4) is 0 Å². The lowest BCUT2D eigenvalue weighted by molar-refractivity contribution is -0.139. The summed E-state index contributed by atoms with van der Waals surface area (Å²) in [5, 5.41) is 14.1. The molecular weight excluding hydrogens is 196 g/mol. The van der Waals surface area contributed by atoms with Gasteiger partial charge in [0, 0.05) is 13.0 Å². The van der Waals surface area contributed by atoms with E-state index in [9.17, 15) is 9.59 Å². The first-order valence-electron chi connectivity index (χ1n) is 5.14. The standard InChI is InChI=1S/C10H20N2O3/c1-7(2)6-9(13)12-5-4-8(11-3)10(14)15/h7-8,11H,4-6H2,1-3H3,(H,12,13)(H,14,15)/t8-/m1/s1. The molecule has 0 fully saturated rings. The van der Waals surface area contributed by atoms with Gasteiger partial charge in [-0.25, -0.2) is 0 Å². The van der Waals surface area contributed by atoms with Gasteiger partial charge >= 0.3 is 5.97 Å². The van der Waals surface area contributed by atoms with Crippen LogP contribution in [-0.4, -0.2) is 36.6 Å². The van der Waals surface area contributed by atoms with Gasteiger partial charge in [-0.05, 0) is 19.4 Å². The quantitative estimate of drug-likeness (QED) is 0.568. The monoisotopic (exact) mass is 216 g/mol. The van der Waals surface area contributed by atoms with Crippen LogP contribution in [-0.2, 0) is 9.59 Å². The maximum Gasteiger partial charge on any atom is 0.320 e. The van der Waals surface area contributed by atoms with E-state index in [0.717, 1.165) is 0 Å². The molecular formula is C10H20N2O3. The minimum atomic E-state index is -0.893. The molecule has 88 valence electrons. The Morgan fingerprint density at radius 3 is 2.33 bits per heavy atom. The highest BCUT2D eigenvalue weighted by Gasteiger charge is 2.14. The Balaban J connectivity index is 3.68. The van der Waals surface area contributed by atoms with Crippen molar-refractivity contribution in [3.05, 3.63) is 0 Å². The van der Waals surface area contributed by atoms with Gasteiger partial charge in [0.05, 0.1) is 0 Å². The van der Waals surface area contributed by atoms with Crippen molar-refractivity contribution >= 4 is 11.9 Å². The van der Waals surface area contributed by atoms with Gasteiger partial charge in [-0.3, -0.25) is 9.59 Å². The lowest BCUT2D eigenvalue weighted by Crippen LogP contribution is -2.38. The molecule has 0 aromatic rings. The van der Waals surface area contributed by atoms with Crippen LogP contribution in [0.2, 0.25) is 0 Å². The van der Waals surface area contributed by atoms with Crippen LogP contribution < -0.4 is 10.6 Å². The third-order valence-corrected chi connectivity index (χ3v) is 2.00. The summed E-state index contributed by atoms with van der Waals surface area (Å²) in [4.78, 5) is 21.8. The summed E-state index contributed by atoms with van der Waals surface area (Å²) >= 11 is 0. The molecule has 5 heteroatoms. The molecule has 0 bridgehead atoms. The fourth-order valence-corrected chi connectivity index (χ4v) is 1.19. The van der Waals surface area contributed by atoms with Crippen molar-refractivity contribution in [2.75, 3.05) is 13.6 Å². The number of hydrogen-bond acceptors (Lipinski definition) is 3. The molecule has 0 saturated heterocycles. The lowest BCUT2D eigenvalue weighted by Gasteiger charge is -2.12. The number of carbonyl (C=O) groups is 2. The zero-order chi connectivity index (χ0) is 11.8. The molecule has 0 aliphatic rings. The van der Waals surface area contributed by atoms with E-state index in [1.165, 1.54) is 0 Å². The van der Waals surface area contributed by atoms with Crippen LogP contribution in [0.25, 0.3) is 0 Å². The Kier molecular flexibility index (Phi) is 6.70. The number of rotatable bonds is 7. The first kappa shape index (κ1) is 13.9.